The van der Waals surface area contributed by atoms with E-state index in [9.17, 15) is 13.5 Å². The summed E-state index contributed by atoms with van der Waals surface area (Å²) in [6, 6.07) is 7.25. The van der Waals surface area contributed by atoms with Gasteiger partial charge in [-0.1, -0.05) is 12.1 Å². The largest absolute Gasteiger partial charge is 0.497 e. The number of methoxy groups -OCH3 is 1. The number of rotatable bonds is 4. The molecule has 4 nitrogen and oxygen atoms in total. The molecule has 1 aromatic rings. The van der Waals surface area contributed by atoms with Gasteiger partial charge in [-0.2, -0.15) is 0 Å². The van der Waals surface area contributed by atoms with Gasteiger partial charge in [0.05, 0.1) is 24.7 Å². The van der Waals surface area contributed by atoms with E-state index in [-0.39, 0.29) is 17.4 Å². The van der Waals surface area contributed by atoms with E-state index < -0.39 is 15.9 Å². The molecule has 0 radical (unpaired) electrons. The second kappa shape index (κ2) is 5.28. The Morgan fingerprint density at radius 1 is 1.50 bits per heavy atom. The zero-order chi connectivity index (χ0) is 13.2. The van der Waals surface area contributed by atoms with Crippen LogP contribution in [-0.2, 0) is 9.84 Å². The Hall–Kier alpha value is -1.07. The molecule has 1 fully saturated rings. The van der Waals surface area contributed by atoms with Crippen LogP contribution in [0.5, 0.6) is 5.75 Å². The fraction of sp³-hybridized carbons (Fsp3) is 0.538. The number of aliphatic hydroxyl groups is 1. The molecular formula is C13H18O4S. The fourth-order valence-electron chi connectivity index (χ4n) is 2.36. The van der Waals surface area contributed by atoms with Crippen LogP contribution in [0.2, 0.25) is 0 Å². The molecule has 1 aliphatic heterocycles. The van der Waals surface area contributed by atoms with E-state index >= 15 is 0 Å². The van der Waals surface area contributed by atoms with Gasteiger partial charge in [-0.05, 0) is 36.5 Å². The molecule has 1 saturated heterocycles. The van der Waals surface area contributed by atoms with E-state index in [2.05, 4.69) is 0 Å². The minimum Gasteiger partial charge on any atom is -0.497 e. The highest BCUT2D eigenvalue weighted by molar-refractivity contribution is 7.91. The van der Waals surface area contributed by atoms with Crippen molar-refractivity contribution < 1.29 is 18.3 Å². The Labute approximate surface area is 108 Å². The molecule has 1 aliphatic rings. The summed E-state index contributed by atoms with van der Waals surface area (Å²) in [5.41, 5.74) is 0.777. The highest BCUT2D eigenvalue weighted by Crippen LogP contribution is 2.30. The van der Waals surface area contributed by atoms with Crippen molar-refractivity contribution in [2.24, 2.45) is 5.92 Å². The van der Waals surface area contributed by atoms with Crippen LogP contribution < -0.4 is 4.74 Å². The molecule has 100 valence electrons. The normalized spacial score (nSPS) is 23.8. The van der Waals surface area contributed by atoms with E-state index in [1.54, 1.807) is 13.2 Å². The monoisotopic (exact) mass is 270 g/mol. The summed E-state index contributed by atoms with van der Waals surface area (Å²) >= 11 is 0. The van der Waals surface area contributed by atoms with Crippen molar-refractivity contribution in [3.05, 3.63) is 29.8 Å². The van der Waals surface area contributed by atoms with Crippen molar-refractivity contribution in [3.8, 4) is 5.75 Å². The number of hydrogen-bond acceptors (Lipinski definition) is 4. The van der Waals surface area contributed by atoms with Crippen LogP contribution in [0.15, 0.2) is 24.3 Å². The SMILES string of the molecule is COc1cccc(C(O)CC2CCS(=O)(=O)C2)c1. The predicted molar refractivity (Wildman–Crippen MR) is 69.3 cm³/mol. The predicted octanol–water partition coefficient (Wildman–Crippen LogP) is 1.55. The molecule has 0 aromatic heterocycles. The van der Waals surface area contributed by atoms with Gasteiger partial charge in [0, 0.05) is 0 Å². The minimum atomic E-state index is -2.87. The maximum absolute atomic E-state index is 11.4. The Bertz CT molecular complexity index is 509. The molecule has 0 amide bonds. The Morgan fingerprint density at radius 3 is 2.89 bits per heavy atom. The van der Waals surface area contributed by atoms with Crippen LogP contribution in [0.3, 0.4) is 0 Å². The van der Waals surface area contributed by atoms with Gasteiger partial charge in [0.1, 0.15) is 5.75 Å². The molecule has 0 saturated carbocycles. The van der Waals surface area contributed by atoms with Crippen molar-refractivity contribution in [1.29, 1.82) is 0 Å². The molecule has 0 spiro atoms. The summed E-state index contributed by atoms with van der Waals surface area (Å²) in [6.45, 7) is 0. The topological polar surface area (TPSA) is 63.6 Å². The van der Waals surface area contributed by atoms with Crippen LogP contribution in [0, 0.1) is 5.92 Å². The Kier molecular flexibility index (Phi) is 3.92. The van der Waals surface area contributed by atoms with Gasteiger partial charge in [-0.15, -0.1) is 0 Å². The molecular weight excluding hydrogens is 252 g/mol. The van der Waals surface area contributed by atoms with Crippen molar-refractivity contribution in [2.45, 2.75) is 18.9 Å². The summed E-state index contributed by atoms with van der Waals surface area (Å²) in [5, 5.41) is 10.1. The molecule has 2 unspecified atom stereocenters. The molecule has 1 N–H and O–H groups in total. The first-order chi connectivity index (χ1) is 8.50. The minimum absolute atomic E-state index is 0.0659. The quantitative estimate of drug-likeness (QED) is 0.901. The van der Waals surface area contributed by atoms with Gasteiger partial charge < -0.3 is 9.84 Å². The summed E-state index contributed by atoms with van der Waals surface area (Å²) in [6.07, 6.45) is 0.522. The molecule has 1 aromatic carbocycles. The van der Waals surface area contributed by atoms with Gasteiger partial charge >= 0.3 is 0 Å². The number of sulfone groups is 1. The maximum atomic E-state index is 11.4. The summed E-state index contributed by atoms with van der Waals surface area (Å²) < 4.78 is 27.8. The van der Waals surface area contributed by atoms with Gasteiger partial charge in [0.2, 0.25) is 0 Å². The van der Waals surface area contributed by atoms with Gasteiger partial charge in [-0.3, -0.25) is 0 Å². The second-order valence-electron chi connectivity index (χ2n) is 4.80. The number of hydrogen-bond donors (Lipinski definition) is 1. The zero-order valence-electron chi connectivity index (χ0n) is 10.4. The second-order valence-corrected chi connectivity index (χ2v) is 7.03. The fourth-order valence-corrected chi connectivity index (χ4v) is 4.24. The standard InChI is InChI=1S/C13H18O4S/c1-17-12-4-2-3-11(8-12)13(14)7-10-5-6-18(15,16)9-10/h2-4,8,10,13-14H,5-7,9H2,1H3. The van der Waals surface area contributed by atoms with Crippen molar-refractivity contribution >= 4 is 9.84 Å². The van der Waals surface area contributed by atoms with Crippen LogP contribution >= 0.6 is 0 Å². The maximum Gasteiger partial charge on any atom is 0.150 e. The van der Waals surface area contributed by atoms with E-state index in [4.69, 9.17) is 4.74 Å². The van der Waals surface area contributed by atoms with Crippen LogP contribution in [0.4, 0.5) is 0 Å². The molecule has 2 rings (SSSR count). The first-order valence-electron chi connectivity index (χ1n) is 6.02. The smallest absolute Gasteiger partial charge is 0.150 e. The highest BCUT2D eigenvalue weighted by atomic mass is 32.2. The lowest BCUT2D eigenvalue weighted by Crippen LogP contribution is -2.09. The van der Waals surface area contributed by atoms with E-state index in [1.165, 1.54) is 0 Å². The third kappa shape index (κ3) is 3.23. The summed E-state index contributed by atoms with van der Waals surface area (Å²) in [5.74, 6) is 1.22. The average molecular weight is 270 g/mol. The molecule has 0 aliphatic carbocycles. The van der Waals surface area contributed by atoms with Gasteiger partial charge in [0.25, 0.3) is 0 Å². The van der Waals surface area contributed by atoms with Crippen LogP contribution in [-0.4, -0.2) is 32.1 Å². The summed E-state index contributed by atoms with van der Waals surface area (Å²) in [4.78, 5) is 0. The Morgan fingerprint density at radius 2 is 2.28 bits per heavy atom. The lowest BCUT2D eigenvalue weighted by molar-refractivity contribution is 0.148. The van der Waals surface area contributed by atoms with Gasteiger partial charge in [0.15, 0.2) is 9.84 Å². The number of ether oxygens (including phenoxy) is 1. The number of aliphatic hydroxyl groups excluding tert-OH is 1. The van der Waals surface area contributed by atoms with E-state index in [0.29, 0.717) is 18.6 Å². The lowest BCUT2D eigenvalue weighted by Gasteiger charge is -2.15. The van der Waals surface area contributed by atoms with Gasteiger partial charge in [-0.25, -0.2) is 8.42 Å². The highest BCUT2D eigenvalue weighted by Gasteiger charge is 2.29. The third-order valence-corrected chi connectivity index (χ3v) is 5.20. The van der Waals surface area contributed by atoms with Crippen molar-refractivity contribution in [2.75, 3.05) is 18.6 Å². The molecule has 2 atom stereocenters. The summed E-state index contributed by atoms with van der Waals surface area (Å²) in [7, 11) is -1.29. The van der Waals surface area contributed by atoms with E-state index in [0.717, 1.165) is 5.56 Å². The average Bonchev–Trinajstić information content (AvgIpc) is 2.68. The molecule has 1 heterocycles. The first kappa shape index (κ1) is 13.4. The first-order valence-corrected chi connectivity index (χ1v) is 7.85. The van der Waals surface area contributed by atoms with E-state index in [1.807, 2.05) is 18.2 Å². The van der Waals surface area contributed by atoms with Crippen LogP contribution in [0.25, 0.3) is 0 Å². The Balaban J connectivity index is 2.01. The molecule has 5 heteroatoms. The number of benzene rings is 1. The molecule has 18 heavy (non-hydrogen) atoms. The molecule has 0 bridgehead atoms. The zero-order valence-corrected chi connectivity index (χ0v) is 11.2. The van der Waals surface area contributed by atoms with Crippen LogP contribution in [0.1, 0.15) is 24.5 Å². The lowest BCUT2D eigenvalue weighted by atomic mass is 9.96. The third-order valence-electron chi connectivity index (χ3n) is 3.36. The van der Waals surface area contributed by atoms with Crippen molar-refractivity contribution in [1.82, 2.24) is 0 Å². The van der Waals surface area contributed by atoms with Crippen molar-refractivity contribution in [3.63, 3.8) is 0 Å².